The van der Waals surface area contributed by atoms with Gasteiger partial charge in [-0.25, -0.2) is 0 Å². The Hall–Kier alpha value is -0.890. The first-order valence-electron chi connectivity index (χ1n) is 7.02. The Balaban J connectivity index is 1.68. The monoisotopic (exact) mass is 232 g/mol. The molecule has 3 aliphatic heterocycles. The van der Waals surface area contributed by atoms with Gasteiger partial charge in [0.2, 0.25) is 5.78 Å². The van der Waals surface area contributed by atoms with Crippen molar-refractivity contribution in [3.63, 3.8) is 0 Å². The first kappa shape index (κ1) is 11.2. The Morgan fingerprint density at radius 3 is 2.47 bits per heavy atom. The molecule has 1 aliphatic carbocycles. The van der Waals surface area contributed by atoms with E-state index in [2.05, 4.69) is 12.2 Å². The van der Waals surface area contributed by atoms with E-state index in [-0.39, 0.29) is 0 Å². The molecule has 2 bridgehead atoms. The Bertz CT molecular complexity index is 359. The normalized spacial score (nSPS) is 35.8. The molecule has 92 valence electrons. The lowest BCUT2D eigenvalue weighted by Crippen LogP contribution is -2.60. The molecular formula is C15H22NO+. The third-order valence-corrected chi connectivity index (χ3v) is 4.83. The molecule has 17 heavy (non-hydrogen) atoms. The van der Waals surface area contributed by atoms with Crippen LogP contribution in [0.1, 0.15) is 32.1 Å². The molecule has 0 N–H and O–H groups in total. The number of Topliss-reactive ketones (excluding diaryl/α,β-unsaturated/α-hetero) is 1. The molecule has 0 radical (unpaired) electrons. The zero-order chi connectivity index (χ0) is 11.7. The molecule has 4 aliphatic rings. The van der Waals surface area contributed by atoms with E-state index in [4.69, 9.17) is 0 Å². The number of allylic oxidation sites excluding steroid dienone is 3. The van der Waals surface area contributed by atoms with Crippen LogP contribution in [0.4, 0.5) is 0 Å². The quantitative estimate of drug-likeness (QED) is 0.683. The Morgan fingerprint density at radius 1 is 1.18 bits per heavy atom. The Morgan fingerprint density at radius 2 is 1.88 bits per heavy atom. The van der Waals surface area contributed by atoms with E-state index in [1.165, 1.54) is 38.9 Å². The van der Waals surface area contributed by atoms with Crippen molar-refractivity contribution in [3.8, 4) is 0 Å². The summed E-state index contributed by atoms with van der Waals surface area (Å²) in [7, 11) is 0. The van der Waals surface area contributed by atoms with Gasteiger partial charge in [0.1, 0.15) is 6.54 Å². The fraction of sp³-hybridized carbons (Fsp3) is 0.667. The highest BCUT2D eigenvalue weighted by atomic mass is 16.1. The van der Waals surface area contributed by atoms with Crippen LogP contribution in [-0.2, 0) is 4.79 Å². The van der Waals surface area contributed by atoms with Gasteiger partial charge in [0.15, 0.2) is 0 Å². The number of piperidine rings is 3. The van der Waals surface area contributed by atoms with Crippen LogP contribution in [0.15, 0.2) is 23.8 Å². The zero-order valence-electron chi connectivity index (χ0n) is 10.5. The molecule has 0 spiro atoms. The minimum absolute atomic E-state index is 0.376. The molecule has 3 saturated heterocycles. The minimum Gasteiger partial charge on any atom is -0.317 e. The summed E-state index contributed by atoms with van der Waals surface area (Å²) < 4.78 is 1.08. The summed E-state index contributed by atoms with van der Waals surface area (Å²) in [6.07, 6.45) is 12.5. The number of fused-ring (bicyclic) bond motifs is 3. The van der Waals surface area contributed by atoms with Gasteiger partial charge in [-0.1, -0.05) is 18.2 Å². The van der Waals surface area contributed by atoms with Crippen LogP contribution in [0.2, 0.25) is 0 Å². The maximum absolute atomic E-state index is 12.3. The predicted molar refractivity (Wildman–Crippen MR) is 68.5 cm³/mol. The van der Waals surface area contributed by atoms with E-state index in [0.717, 1.165) is 35.4 Å². The van der Waals surface area contributed by atoms with E-state index in [0.29, 0.717) is 5.78 Å². The number of nitrogens with zero attached hydrogens (tertiary/aromatic N) is 1. The first-order chi connectivity index (χ1) is 8.27. The summed E-state index contributed by atoms with van der Waals surface area (Å²) in [6.45, 7) is 4.48. The van der Waals surface area contributed by atoms with Crippen molar-refractivity contribution < 1.29 is 9.28 Å². The largest absolute Gasteiger partial charge is 0.317 e. The van der Waals surface area contributed by atoms with Crippen molar-refractivity contribution in [2.75, 3.05) is 26.2 Å². The number of carbonyl (C=O) groups excluding carboxylic acids is 1. The highest BCUT2D eigenvalue weighted by molar-refractivity contribution is 5.99. The van der Waals surface area contributed by atoms with Crippen molar-refractivity contribution in [1.29, 1.82) is 0 Å². The van der Waals surface area contributed by atoms with Gasteiger partial charge in [-0.15, -0.1) is 0 Å². The number of quaternary nitrogens is 1. The van der Waals surface area contributed by atoms with Crippen LogP contribution in [0.5, 0.6) is 0 Å². The van der Waals surface area contributed by atoms with Crippen LogP contribution < -0.4 is 0 Å². The Labute approximate surface area is 104 Å². The molecule has 3 heterocycles. The highest BCUT2D eigenvalue weighted by Gasteiger charge is 2.41. The molecule has 2 heteroatoms. The average Bonchev–Trinajstić information content (AvgIpc) is 2.41. The SMILES string of the molecule is O=C(C[N+]12CCC(CC1)CC2)C1=CCCC=C1. The predicted octanol–water partition coefficient (Wildman–Crippen LogP) is 2.46. The van der Waals surface area contributed by atoms with Gasteiger partial charge in [-0.3, -0.25) is 4.79 Å². The van der Waals surface area contributed by atoms with Crippen molar-refractivity contribution in [2.45, 2.75) is 32.1 Å². The van der Waals surface area contributed by atoms with Crippen LogP contribution in [-0.4, -0.2) is 36.4 Å². The molecule has 0 atom stereocenters. The van der Waals surface area contributed by atoms with Gasteiger partial charge >= 0.3 is 0 Å². The Kier molecular flexibility index (Phi) is 2.91. The third-order valence-electron chi connectivity index (χ3n) is 4.83. The van der Waals surface area contributed by atoms with E-state index in [9.17, 15) is 4.79 Å². The number of ketones is 1. The van der Waals surface area contributed by atoms with Gasteiger partial charge in [-0.2, -0.15) is 0 Å². The van der Waals surface area contributed by atoms with E-state index in [1.807, 2.05) is 6.08 Å². The van der Waals surface area contributed by atoms with Crippen LogP contribution in [0, 0.1) is 5.92 Å². The second kappa shape index (κ2) is 4.41. The van der Waals surface area contributed by atoms with Gasteiger partial charge < -0.3 is 4.48 Å². The molecule has 2 nitrogen and oxygen atoms in total. The lowest BCUT2D eigenvalue weighted by Gasteiger charge is -2.48. The average molecular weight is 232 g/mol. The maximum atomic E-state index is 12.3. The first-order valence-corrected chi connectivity index (χ1v) is 7.02. The van der Waals surface area contributed by atoms with E-state index < -0.39 is 0 Å². The molecule has 0 amide bonds. The summed E-state index contributed by atoms with van der Waals surface area (Å²) in [5.74, 6) is 1.35. The van der Waals surface area contributed by atoms with Crippen molar-refractivity contribution >= 4 is 5.78 Å². The number of rotatable bonds is 3. The zero-order valence-corrected chi connectivity index (χ0v) is 10.5. The van der Waals surface area contributed by atoms with Crippen LogP contribution in [0.25, 0.3) is 0 Å². The second-order valence-corrected chi connectivity index (χ2v) is 5.96. The topological polar surface area (TPSA) is 17.1 Å². The van der Waals surface area contributed by atoms with Gasteiger partial charge in [0.05, 0.1) is 19.6 Å². The molecule has 3 fully saturated rings. The molecule has 0 saturated carbocycles. The van der Waals surface area contributed by atoms with Crippen molar-refractivity contribution in [3.05, 3.63) is 23.8 Å². The fourth-order valence-electron chi connectivity index (χ4n) is 3.59. The molecule has 0 aromatic heterocycles. The minimum atomic E-state index is 0.376. The molecule has 4 rings (SSSR count). The molecular weight excluding hydrogens is 210 g/mol. The van der Waals surface area contributed by atoms with E-state index >= 15 is 0 Å². The molecule has 0 aromatic rings. The highest BCUT2D eigenvalue weighted by Crippen LogP contribution is 2.33. The summed E-state index contributed by atoms with van der Waals surface area (Å²) in [5.41, 5.74) is 0.969. The van der Waals surface area contributed by atoms with Gasteiger partial charge in [0.25, 0.3) is 0 Å². The van der Waals surface area contributed by atoms with Crippen molar-refractivity contribution in [2.24, 2.45) is 5.92 Å². The summed E-state index contributed by atoms with van der Waals surface area (Å²) >= 11 is 0. The summed E-state index contributed by atoms with van der Waals surface area (Å²) in [5, 5.41) is 0. The van der Waals surface area contributed by atoms with Gasteiger partial charge in [-0.05, 0) is 38.0 Å². The smallest absolute Gasteiger partial charge is 0.216 e. The summed E-state index contributed by atoms with van der Waals surface area (Å²) in [6, 6.07) is 0. The third kappa shape index (κ3) is 2.23. The molecule has 0 unspecified atom stereocenters. The van der Waals surface area contributed by atoms with E-state index in [1.54, 1.807) is 0 Å². The van der Waals surface area contributed by atoms with Crippen LogP contribution in [0.3, 0.4) is 0 Å². The number of hydrogen-bond donors (Lipinski definition) is 0. The molecule has 0 aromatic carbocycles. The number of hydrogen-bond acceptors (Lipinski definition) is 1. The number of carbonyl (C=O) groups is 1. The summed E-state index contributed by atoms with van der Waals surface area (Å²) in [4.78, 5) is 12.3. The lowest BCUT2D eigenvalue weighted by atomic mass is 9.85. The fourth-order valence-corrected chi connectivity index (χ4v) is 3.59. The van der Waals surface area contributed by atoms with Gasteiger partial charge in [0, 0.05) is 5.57 Å². The van der Waals surface area contributed by atoms with Crippen molar-refractivity contribution in [1.82, 2.24) is 0 Å². The second-order valence-electron chi connectivity index (χ2n) is 5.96. The van der Waals surface area contributed by atoms with Crippen LogP contribution >= 0.6 is 0 Å². The lowest BCUT2D eigenvalue weighted by molar-refractivity contribution is -0.935. The standard InChI is InChI=1S/C15H22NO/c17-15(14-4-2-1-3-5-14)12-16-9-6-13(7-10-16)8-11-16/h2,4-5,13H,1,3,6-12H2/q+1. The maximum Gasteiger partial charge on any atom is 0.216 e.